The Morgan fingerprint density at radius 1 is 1.12 bits per heavy atom. The second-order valence-electron chi connectivity index (χ2n) is 3.23. The first kappa shape index (κ1) is 13.2. The van der Waals surface area contributed by atoms with Crippen LogP contribution < -0.4 is 5.11 Å². The molecule has 0 atom stereocenters. The van der Waals surface area contributed by atoms with Gasteiger partial charge in [-0.25, -0.2) is 0 Å². The number of nitrogens with zero attached hydrogens (tertiary/aromatic N) is 1. The van der Waals surface area contributed by atoms with Gasteiger partial charge in [0.05, 0.1) is 16.5 Å². The summed E-state index contributed by atoms with van der Waals surface area (Å²) in [6, 6.07) is 9.25. The van der Waals surface area contributed by atoms with Crippen molar-refractivity contribution in [3.8, 4) is 0 Å². The Kier molecular flexibility index (Phi) is 3.83. The molecule has 91 valence electrons. The predicted molar refractivity (Wildman–Crippen MR) is 54.9 cm³/mol. The van der Waals surface area contributed by atoms with Crippen molar-refractivity contribution in [2.24, 2.45) is 0 Å². The number of nitro groups is 1. The van der Waals surface area contributed by atoms with Crippen LogP contribution in [-0.2, 0) is 17.1 Å². The van der Waals surface area contributed by atoms with Crippen LogP contribution in [0.4, 0.5) is 5.69 Å². The summed E-state index contributed by atoms with van der Waals surface area (Å²) < 4.78 is 0. The van der Waals surface area contributed by atoms with E-state index in [1.807, 2.05) is 0 Å². The normalized spacial score (nSPS) is 9.65. The van der Waals surface area contributed by atoms with Gasteiger partial charge >= 0.3 is 0 Å². The van der Waals surface area contributed by atoms with E-state index in [1.165, 1.54) is 18.2 Å². The van der Waals surface area contributed by atoms with Crippen LogP contribution in [0.25, 0.3) is 10.8 Å². The van der Waals surface area contributed by atoms with Crippen LogP contribution in [0.5, 0.6) is 0 Å². The first-order valence-corrected chi connectivity index (χ1v) is 4.49. The topological polar surface area (TPSA) is 83.3 Å². The molecule has 2 aromatic rings. The van der Waals surface area contributed by atoms with Crippen molar-refractivity contribution in [1.82, 2.24) is 0 Å². The maximum atomic E-state index is 10.9. The summed E-state index contributed by atoms with van der Waals surface area (Å²) >= 11 is 0. The smallest absolute Gasteiger partial charge is 0.279 e. The Morgan fingerprint density at radius 3 is 2.35 bits per heavy atom. The number of carboxylic acids is 1. The van der Waals surface area contributed by atoms with Gasteiger partial charge in [-0.15, -0.1) is 0 Å². The van der Waals surface area contributed by atoms with Crippen LogP contribution in [0.3, 0.4) is 0 Å². The van der Waals surface area contributed by atoms with E-state index < -0.39 is 16.6 Å². The quantitative estimate of drug-likeness (QED) is 0.468. The van der Waals surface area contributed by atoms with Crippen molar-refractivity contribution in [2.45, 2.75) is 0 Å². The summed E-state index contributed by atoms with van der Waals surface area (Å²) in [5.41, 5.74) is -0.818. The van der Waals surface area contributed by atoms with Crippen molar-refractivity contribution in [3.05, 3.63) is 52.1 Å². The molecule has 5 nitrogen and oxygen atoms in total. The fourth-order valence-corrected chi connectivity index (χ4v) is 1.63. The van der Waals surface area contributed by atoms with E-state index in [-0.39, 0.29) is 22.6 Å². The van der Waals surface area contributed by atoms with Crippen LogP contribution in [0.1, 0.15) is 10.4 Å². The third kappa shape index (κ3) is 2.27. The van der Waals surface area contributed by atoms with Gasteiger partial charge in [0.2, 0.25) is 0 Å². The summed E-state index contributed by atoms with van der Waals surface area (Å²) in [4.78, 5) is 20.9. The van der Waals surface area contributed by atoms with Gasteiger partial charge in [-0.2, -0.15) is 0 Å². The average Bonchev–Trinajstić information content (AvgIpc) is 2.27. The fourth-order valence-electron chi connectivity index (χ4n) is 1.63. The molecule has 2 rings (SSSR count). The molecule has 0 N–H and O–H groups in total. The molecule has 0 fully saturated rings. The van der Waals surface area contributed by atoms with Crippen LogP contribution >= 0.6 is 0 Å². The number of fused-ring (bicyclic) bond motifs is 1. The van der Waals surface area contributed by atoms with Crippen molar-refractivity contribution in [2.75, 3.05) is 0 Å². The standard InChI is InChI=1S/C11H7NO4.Cu/c13-11(14)10-8-4-2-1-3-7(8)5-6-9(10)12(15)16;/h1-6H,(H,13,14);/p-1. The minimum absolute atomic E-state index is 0. The average molecular weight is 280 g/mol. The molecular weight excluding hydrogens is 274 g/mol. The number of hydrogen-bond donors (Lipinski definition) is 0. The molecule has 2 aromatic carbocycles. The van der Waals surface area contributed by atoms with Crippen LogP contribution in [-0.4, -0.2) is 10.9 Å². The van der Waals surface area contributed by atoms with E-state index in [2.05, 4.69) is 0 Å². The van der Waals surface area contributed by atoms with Crippen LogP contribution in [0.2, 0.25) is 0 Å². The molecule has 0 saturated carbocycles. The zero-order chi connectivity index (χ0) is 11.7. The number of carbonyl (C=O) groups is 1. The van der Waals surface area contributed by atoms with E-state index in [0.29, 0.717) is 10.8 Å². The van der Waals surface area contributed by atoms with Crippen molar-refractivity contribution < 1.29 is 31.9 Å². The third-order valence-electron chi connectivity index (χ3n) is 2.31. The minimum Gasteiger partial charge on any atom is -0.545 e. The van der Waals surface area contributed by atoms with Crippen molar-refractivity contribution in [3.63, 3.8) is 0 Å². The Labute approximate surface area is 107 Å². The van der Waals surface area contributed by atoms with E-state index in [9.17, 15) is 20.0 Å². The summed E-state index contributed by atoms with van der Waals surface area (Å²) in [6.07, 6.45) is 0. The summed E-state index contributed by atoms with van der Waals surface area (Å²) in [7, 11) is 0. The fraction of sp³-hybridized carbons (Fsp3) is 0. The van der Waals surface area contributed by atoms with Gasteiger partial charge in [-0.05, 0) is 16.8 Å². The number of carbonyl (C=O) groups excluding carboxylic acids is 1. The monoisotopic (exact) mass is 279 g/mol. The maximum absolute atomic E-state index is 10.9. The Morgan fingerprint density at radius 2 is 1.76 bits per heavy atom. The molecule has 0 aromatic heterocycles. The molecular formula is C11H6CuNO4-. The van der Waals surface area contributed by atoms with E-state index in [4.69, 9.17) is 0 Å². The molecule has 0 aliphatic rings. The molecule has 17 heavy (non-hydrogen) atoms. The number of rotatable bonds is 2. The second kappa shape index (κ2) is 4.95. The number of benzene rings is 2. The van der Waals surface area contributed by atoms with Gasteiger partial charge in [0.1, 0.15) is 0 Å². The maximum Gasteiger partial charge on any atom is 0.279 e. The molecule has 0 amide bonds. The van der Waals surface area contributed by atoms with Crippen LogP contribution in [0.15, 0.2) is 36.4 Å². The number of aromatic carboxylic acids is 1. The molecule has 0 unspecified atom stereocenters. The summed E-state index contributed by atoms with van der Waals surface area (Å²) in [5.74, 6) is -1.54. The first-order chi connectivity index (χ1) is 7.61. The predicted octanol–water partition coefficient (Wildman–Crippen LogP) is 1.11. The van der Waals surface area contributed by atoms with Crippen LogP contribution in [0, 0.1) is 10.1 Å². The van der Waals surface area contributed by atoms with Crippen molar-refractivity contribution in [1.29, 1.82) is 0 Å². The summed E-state index contributed by atoms with van der Waals surface area (Å²) in [6.45, 7) is 0. The Hall–Kier alpha value is -1.91. The number of hydrogen-bond acceptors (Lipinski definition) is 4. The van der Waals surface area contributed by atoms with Gasteiger partial charge in [0.15, 0.2) is 0 Å². The van der Waals surface area contributed by atoms with E-state index in [0.717, 1.165) is 0 Å². The van der Waals surface area contributed by atoms with Gasteiger partial charge in [-0.1, -0.05) is 24.3 Å². The molecule has 0 heterocycles. The molecule has 0 bridgehead atoms. The Balaban J connectivity index is 0.00000144. The number of nitro benzene ring substituents is 1. The zero-order valence-electron chi connectivity index (χ0n) is 8.35. The van der Waals surface area contributed by atoms with E-state index >= 15 is 0 Å². The third-order valence-corrected chi connectivity index (χ3v) is 2.31. The summed E-state index contributed by atoms with van der Waals surface area (Å²) in [5, 5.41) is 22.6. The van der Waals surface area contributed by atoms with Crippen molar-refractivity contribution >= 4 is 22.4 Å². The van der Waals surface area contributed by atoms with Gasteiger partial charge in [0.25, 0.3) is 5.69 Å². The minimum atomic E-state index is -1.54. The largest absolute Gasteiger partial charge is 0.545 e. The van der Waals surface area contributed by atoms with Gasteiger partial charge in [-0.3, -0.25) is 10.1 Å². The SMILES string of the molecule is O=C([O-])c1c([N+](=O)[O-])ccc2ccccc12.[Cu]. The number of carboxylic acid groups (broad SMARTS) is 1. The molecule has 6 heteroatoms. The molecule has 1 radical (unpaired) electrons. The molecule has 0 aliphatic carbocycles. The molecule has 0 spiro atoms. The molecule has 0 saturated heterocycles. The van der Waals surface area contributed by atoms with Gasteiger partial charge < -0.3 is 9.90 Å². The zero-order valence-corrected chi connectivity index (χ0v) is 9.29. The van der Waals surface area contributed by atoms with Gasteiger partial charge in [0, 0.05) is 23.1 Å². The molecule has 0 aliphatic heterocycles. The van der Waals surface area contributed by atoms with E-state index in [1.54, 1.807) is 18.2 Å². The first-order valence-electron chi connectivity index (χ1n) is 4.49. The Bertz CT molecular complexity index is 597. The second-order valence-corrected chi connectivity index (χ2v) is 3.23.